The third-order valence-electron chi connectivity index (χ3n) is 2.74. The zero-order valence-electron chi connectivity index (χ0n) is 9.07. The van der Waals surface area contributed by atoms with Gasteiger partial charge in [-0.2, -0.15) is 0 Å². The first-order chi connectivity index (χ1) is 7.88. The third-order valence-corrected chi connectivity index (χ3v) is 2.74. The van der Waals surface area contributed by atoms with Gasteiger partial charge in [-0.05, 0) is 24.6 Å². The fourth-order valence-corrected chi connectivity index (χ4v) is 2.02. The summed E-state index contributed by atoms with van der Waals surface area (Å²) in [4.78, 5) is 7.74. The Morgan fingerprint density at radius 1 is 1.19 bits per heavy atom. The van der Waals surface area contributed by atoms with Gasteiger partial charge in [-0.3, -0.25) is 0 Å². The van der Waals surface area contributed by atoms with Crippen molar-refractivity contribution in [1.29, 1.82) is 0 Å². The molecule has 0 saturated carbocycles. The monoisotopic (exact) mass is 208 g/mol. The SMILES string of the molecule is C/C=C/c1cnc2[nH]c3ccccc3c2c1. The molecule has 0 fully saturated rings. The molecule has 16 heavy (non-hydrogen) atoms. The first-order valence-corrected chi connectivity index (χ1v) is 5.37. The second kappa shape index (κ2) is 3.49. The van der Waals surface area contributed by atoms with Crippen LogP contribution in [0.15, 0.2) is 42.6 Å². The lowest BCUT2D eigenvalue weighted by atomic mass is 10.1. The summed E-state index contributed by atoms with van der Waals surface area (Å²) in [6.07, 6.45) is 5.98. The van der Waals surface area contributed by atoms with Gasteiger partial charge in [0.1, 0.15) is 5.65 Å². The number of pyridine rings is 1. The molecule has 2 heterocycles. The molecule has 3 aromatic rings. The van der Waals surface area contributed by atoms with Crippen LogP contribution >= 0.6 is 0 Å². The molecular weight excluding hydrogens is 196 g/mol. The lowest BCUT2D eigenvalue weighted by molar-refractivity contribution is 1.34. The van der Waals surface area contributed by atoms with Gasteiger partial charge in [0.2, 0.25) is 0 Å². The topological polar surface area (TPSA) is 28.7 Å². The predicted octanol–water partition coefficient (Wildman–Crippen LogP) is 3.75. The van der Waals surface area contributed by atoms with E-state index >= 15 is 0 Å². The molecule has 2 heteroatoms. The summed E-state index contributed by atoms with van der Waals surface area (Å²) >= 11 is 0. The summed E-state index contributed by atoms with van der Waals surface area (Å²) in [7, 11) is 0. The number of hydrogen-bond acceptors (Lipinski definition) is 1. The van der Waals surface area contributed by atoms with Crippen molar-refractivity contribution in [3.8, 4) is 0 Å². The van der Waals surface area contributed by atoms with Gasteiger partial charge in [0.05, 0.1) is 0 Å². The number of hydrogen-bond donors (Lipinski definition) is 1. The van der Waals surface area contributed by atoms with E-state index in [4.69, 9.17) is 0 Å². The minimum atomic E-state index is 0.953. The number of rotatable bonds is 1. The smallest absolute Gasteiger partial charge is 0.138 e. The van der Waals surface area contributed by atoms with E-state index in [0.717, 1.165) is 16.7 Å². The first kappa shape index (κ1) is 9.16. The molecule has 0 aliphatic rings. The number of aromatic nitrogens is 2. The fraction of sp³-hybridized carbons (Fsp3) is 0.0714. The van der Waals surface area contributed by atoms with Gasteiger partial charge in [-0.15, -0.1) is 0 Å². The largest absolute Gasteiger partial charge is 0.339 e. The van der Waals surface area contributed by atoms with Crippen LogP contribution in [0.25, 0.3) is 28.0 Å². The van der Waals surface area contributed by atoms with E-state index in [9.17, 15) is 0 Å². The van der Waals surface area contributed by atoms with Crippen LogP contribution in [-0.4, -0.2) is 9.97 Å². The summed E-state index contributed by atoms with van der Waals surface area (Å²) in [5.74, 6) is 0. The average Bonchev–Trinajstić information content (AvgIpc) is 2.68. The zero-order chi connectivity index (χ0) is 11.0. The van der Waals surface area contributed by atoms with Crippen molar-refractivity contribution in [2.24, 2.45) is 0 Å². The van der Waals surface area contributed by atoms with E-state index < -0.39 is 0 Å². The van der Waals surface area contributed by atoms with Crippen molar-refractivity contribution in [3.63, 3.8) is 0 Å². The number of benzene rings is 1. The summed E-state index contributed by atoms with van der Waals surface area (Å²) in [5.41, 5.74) is 3.23. The van der Waals surface area contributed by atoms with E-state index in [1.807, 2.05) is 25.3 Å². The third kappa shape index (κ3) is 1.31. The Kier molecular flexibility index (Phi) is 2.00. The molecule has 0 aliphatic carbocycles. The van der Waals surface area contributed by atoms with Gasteiger partial charge >= 0.3 is 0 Å². The maximum Gasteiger partial charge on any atom is 0.138 e. The van der Waals surface area contributed by atoms with E-state index in [-0.39, 0.29) is 0 Å². The quantitative estimate of drug-likeness (QED) is 0.648. The summed E-state index contributed by atoms with van der Waals surface area (Å²) in [5, 5.41) is 2.42. The van der Waals surface area contributed by atoms with Crippen molar-refractivity contribution in [2.45, 2.75) is 6.92 Å². The van der Waals surface area contributed by atoms with Gasteiger partial charge < -0.3 is 4.98 Å². The van der Waals surface area contributed by atoms with Crippen molar-refractivity contribution in [3.05, 3.63) is 48.2 Å². The number of H-pyrrole nitrogens is 1. The molecule has 78 valence electrons. The van der Waals surface area contributed by atoms with Crippen molar-refractivity contribution >= 4 is 28.0 Å². The number of nitrogens with one attached hydrogen (secondary N) is 1. The van der Waals surface area contributed by atoms with Gasteiger partial charge in [-0.1, -0.05) is 30.4 Å². The van der Waals surface area contributed by atoms with Crippen LogP contribution in [-0.2, 0) is 0 Å². The molecule has 0 unspecified atom stereocenters. The van der Waals surface area contributed by atoms with Crippen molar-refractivity contribution < 1.29 is 0 Å². The number of nitrogens with zero attached hydrogens (tertiary/aromatic N) is 1. The highest BCUT2D eigenvalue weighted by molar-refractivity contribution is 6.06. The second-order valence-corrected chi connectivity index (χ2v) is 3.84. The minimum Gasteiger partial charge on any atom is -0.339 e. The Hall–Kier alpha value is -2.09. The van der Waals surface area contributed by atoms with Crippen LogP contribution in [0.4, 0.5) is 0 Å². The average molecular weight is 208 g/mol. The van der Waals surface area contributed by atoms with E-state index in [1.165, 1.54) is 10.8 Å². The molecule has 0 spiro atoms. The summed E-state index contributed by atoms with van der Waals surface area (Å²) in [6.45, 7) is 2.01. The Morgan fingerprint density at radius 3 is 2.94 bits per heavy atom. The second-order valence-electron chi connectivity index (χ2n) is 3.84. The molecule has 3 rings (SSSR count). The summed E-state index contributed by atoms with van der Waals surface area (Å²) in [6, 6.07) is 10.4. The molecule has 2 nitrogen and oxygen atoms in total. The van der Waals surface area contributed by atoms with Gasteiger partial charge in [0, 0.05) is 22.5 Å². The van der Waals surface area contributed by atoms with E-state index in [1.54, 1.807) is 0 Å². The molecular formula is C14H12N2. The standard InChI is InChI=1S/C14H12N2/c1-2-5-10-8-12-11-6-3-4-7-13(11)16-14(12)15-9-10/h2-9H,1H3,(H,15,16)/b5-2+. The van der Waals surface area contributed by atoms with E-state index in [0.29, 0.717) is 0 Å². The number of para-hydroxylation sites is 1. The van der Waals surface area contributed by atoms with Gasteiger partial charge in [0.15, 0.2) is 0 Å². The van der Waals surface area contributed by atoms with Crippen molar-refractivity contribution in [1.82, 2.24) is 9.97 Å². The molecule has 2 aromatic heterocycles. The Balaban J connectivity index is 2.39. The highest BCUT2D eigenvalue weighted by Crippen LogP contribution is 2.24. The molecule has 0 saturated heterocycles. The Morgan fingerprint density at radius 2 is 2.06 bits per heavy atom. The van der Waals surface area contributed by atoms with Crippen LogP contribution in [0.3, 0.4) is 0 Å². The molecule has 0 amide bonds. The van der Waals surface area contributed by atoms with Crippen LogP contribution < -0.4 is 0 Å². The fourth-order valence-electron chi connectivity index (χ4n) is 2.02. The molecule has 0 aliphatic heterocycles. The van der Waals surface area contributed by atoms with Crippen LogP contribution in [0.1, 0.15) is 12.5 Å². The maximum absolute atomic E-state index is 4.43. The minimum absolute atomic E-state index is 0.953. The van der Waals surface area contributed by atoms with E-state index in [2.05, 4.69) is 40.3 Å². The van der Waals surface area contributed by atoms with Gasteiger partial charge in [-0.25, -0.2) is 4.98 Å². The highest BCUT2D eigenvalue weighted by atomic mass is 14.8. The maximum atomic E-state index is 4.43. The molecule has 1 N–H and O–H groups in total. The van der Waals surface area contributed by atoms with Crippen molar-refractivity contribution in [2.75, 3.05) is 0 Å². The van der Waals surface area contributed by atoms with Gasteiger partial charge in [0.25, 0.3) is 0 Å². The molecule has 1 aromatic carbocycles. The molecule has 0 radical (unpaired) electrons. The highest BCUT2D eigenvalue weighted by Gasteiger charge is 2.03. The molecule has 0 atom stereocenters. The lowest BCUT2D eigenvalue weighted by Crippen LogP contribution is -1.78. The zero-order valence-corrected chi connectivity index (χ0v) is 9.07. The van der Waals surface area contributed by atoms with Crippen LogP contribution in [0.2, 0.25) is 0 Å². The van der Waals surface area contributed by atoms with Crippen LogP contribution in [0, 0.1) is 0 Å². The molecule has 0 bridgehead atoms. The first-order valence-electron chi connectivity index (χ1n) is 5.37. The summed E-state index contributed by atoms with van der Waals surface area (Å²) < 4.78 is 0. The van der Waals surface area contributed by atoms with Crippen LogP contribution in [0.5, 0.6) is 0 Å². The lowest BCUT2D eigenvalue weighted by Gasteiger charge is -1.93. The Bertz CT molecular complexity index is 677. The Labute approximate surface area is 93.6 Å². The predicted molar refractivity (Wildman–Crippen MR) is 68.3 cm³/mol. The number of allylic oxidation sites excluding steroid dienone is 1. The number of fused-ring (bicyclic) bond motifs is 3. The normalized spacial score (nSPS) is 11.8. The number of aromatic amines is 1.